The number of imide groups is 1. The van der Waals surface area contributed by atoms with Gasteiger partial charge in [0.05, 0.1) is 5.69 Å². The molecule has 0 bridgehead atoms. The minimum absolute atomic E-state index is 0.340. The fourth-order valence-corrected chi connectivity index (χ4v) is 1.76. The molecule has 98 valence electrons. The number of nitrogens with two attached hydrogens (primary N) is 1. The average molecular weight is 258 g/mol. The zero-order valence-corrected chi connectivity index (χ0v) is 10.7. The van der Waals surface area contributed by atoms with Crippen molar-refractivity contribution in [1.82, 2.24) is 9.78 Å². The molecule has 0 aliphatic rings. The van der Waals surface area contributed by atoms with Gasteiger partial charge in [0.25, 0.3) is 5.91 Å². The van der Waals surface area contributed by atoms with Gasteiger partial charge in [-0.15, -0.1) is 0 Å². The molecule has 2 rings (SSSR count). The highest BCUT2D eigenvalue weighted by Gasteiger charge is 2.23. The standard InChI is InChI=1S/C13H14N4O2/c1-9(18)17(11-5-3-10(14)4-6-11)13(19)12-7-8-15-16(12)2/h3-8H,14H2,1-2H3. The Bertz CT molecular complexity index is 616. The molecule has 0 saturated carbocycles. The van der Waals surface area contributed by atoms with Gasteiger partial charge in [0.1, 0.15) is 5.69 Å². The summed E-state index contributed by atoms with van der Waals surface area (Å²) in [4.78, 5) is 25.2. The molecule has 2 aromatic rings. The molecule has 0 aliphatic carbocycles. The average Bonchev–Trinajstić information content (AvgIpc) is 2.78. The molecule has 2 N–H and O–H groups in total. The van der Waals surface area contributed by atoms with Crippen molar-refractivity contribution in [1.29, 1.82) is 0 Å². The monoisotopic (exact) mass is 258 g/mol. The molecular weight excluding hydrogens is 244 g/mol. The van der Waals surface area contributed by atoms with E-state index in [4.69, 9.17) is 5.73 Å². The number of carbonyl (C=O) groups excluding carboxylic acids is 2. The molecule has 19 heavy (non-hydrogen) atoms. The van der Waals surface area contributed by atoms with Crippen LogP contribution in [0.4, 0.5) is 11.4 Å². The maximum absolute atomic E-state index is 12.4. The van der Waals surface area contributed by atoms with E-state index in [1.807, 2.05) is 0 Å². The molecule has 0 radical (unpaired) electrons. The van der Waals surface area contributed by atoms with Crippen LogP contribution in [0.15, 0.2) is 36.5 Å². The molecule has 2 amide bonds. The number of amides is 2. The van der Waals surface area contributed by atoms with Crippen molar-refractivity contribution in [3.05, 3.63) is 42.2 Å². The Hall–Kier alpha value is -2.63. The number of hydrogen-bond donors (Lipinski definition) is 1. The first-order chi connectivity index (χ1) is 9.00. The summed E-state index contributed by atoms with van der Waals surface area (Å²) in [7, 11) is 1.65. The van der Waals surface area contributed by atoms with Gasteiger partial charge < -0.3 is 5.73 Å². The Morgan fingerprint density at radius 2 is 1.84 bits per heavy atom. The summed E-state index contributed by atoms with van der Waals surface area (Å²) >= 11 is 0. The van der Waals surface area contributed by atoms with Crippen molar-refractivity contribution in [2.24, 2.45) is 7.05 Å². The number of rotatable bonds is 2. The Labute approximate surface area is 110 Å². The van der Waals surface area contributed by atoms with Crippen LogP contribution in [0.1, 0.15) is 17.4 Å². The topological polar surface area (TPSA) is 81.2 Å². The zero-order valence-electron chi connectivity index (χ0n) is 10.7. The highest BCUT2D eigenvalue weighted by Crippen LogP contribution is 2.19. The van der Waals surface area contributed by atoms with Crippen molar-refractivity contribution in [3.63, 3.8) is 0 Å². The Morgan fingerprint density at radius 3 is 2.32 bits per heavy atom. The molecule has 0 aliphatic heterocycles. The number of aryl methyl sites for hydroxylation is 1. The fraction of sp³-hybridized carbons (Fsp3) is 0.154. The van der Waals surface area contributed by atoms with E-state index in [9.17, 15) is 9.59 Å². The van der Waals surface area contributed by atoms with Crippen molar-refractivity contribution in [2.75, 3.05) is 10.6 Å². The number of anilines is 2. The highest BCUT2D eigenvalue weighted by molar-refractivity contribution is 6.19. The smallest absolute Gasteiger partial charge is 0.283 e. The predicted molar refractivity (Wildman–Crippen MR) is 71.6 cm³/mol. The van der Waals surface area contributed by atoms with Crippen molar-refractivity contribution in [3.8, 4) is 0 Å². The van der Waals surface area contributed by atoms with E-state index in [0.717, 1.165) is 4.90 Å². The predicted octanol–water partition coefficient (Wildman–Crippen LogP) is 1.20. The van der Waals surface area contributed by atoms with Crippen LogP contribution in [-0.4, -0.2) is 21.6 Å². The molecular formula is C13H14N4O2. The van der Waals surface area contributed by atoms with E-state index < -0.39 is 5.91 Å². The zero-order chi connectivity index (χ0) is 14.0. The molecule has 6 heteroatoms. The van der Waals surface area contributed by atoms with E-state index in [-0.39, 0.29) is 5.91 Å². The molecule has 0 atom stereocenters. The summed E-state index contributed by atoms with van der Waals surface area (Å²) in [6.07, 6.45) is 1.51. The summed E-state index contributed by atoms with van der Waals surface area (Å²) in [5, 5.41) is 3.93. The van der Waals surface area contributed by atoms with Gasteiger partial charge in [0, 0.05) is 25.9 Å². The number of benzene rings is 1. The first-order valence-corrected chi connectivity index (χ1v) is 5.69. The van der Waals surface area contributed by atoms with Crippen LogP contribution in [0.25, 0.3) is 0 Å². The van der Waals surface area contributed by atoms with Gasteiger partial charge in [0.15, 0.2) is 0 Å². The van der Waals surface area contributed by atoms with Crippen LogP contribution in [0.3, 0.4) is 0 Å². The molecule has 1 aromatic carbocycles. The molecule has 6 nitrogen and oxygen atoms in total. The van der Waals surface area contributed by atoms with E-state index in [0.29, 0.717) is 17.1 Å². The molecule has 0 fully saturated rings. The molecule has 0 unspecified atom stereocenters. The van der Waals surface area contributed by atoms with E-state index >= 15 is 0 Å². The van der Waals surface area contributed by atoms with Gasteiger partial charge in [-0.25, -0.2) is 4.90 Å². The van der Waals surface area contributed by atoms with Crippen molar-refractivity contribution >= 4 is 23.2 Å². The van der Waals surface area contributed by atoms with Crippen LogP contribution in [0.2, 0.25) is 0 Å². The first-order valence-electron chi connectivity index (χ1n) is 5.69. The van der Waals surface area contributed by atoms with Gasteiger partial charge in [-0.05, 0) is 30.3 Å². The first kappa shape index (κ1) is 12.8. The number of carbonyl (C=O) groups is 2. The lowest BCUT2D eigenvalue weighted by molar-refractivity contribution is -0.115. The lowest BCUT2D eigenvalue weighted by Gasteiger charge is -2.19. The van der Waals surface area contributed by atoms with Gasteiger partial charge >= 0.3 is 0 Å². The van der Waals surface area contributed by atoms with Gasteiger partial charge in [-0.1, -0.05) is 0 Å². The SMILES string of the molecule is CC(=O)N(C(=O)c1ccnn1C)c1ccc(N)cc1. The Morgan fingerprint density at radius 1 is 1.21 bits per heavy atom. The molecule has 0 spiro atoms. The molecule has 1 aromatic heterocycles. The molecule has 1 heterocycles. The molecule has 0 saturated heterocycles. The normalized spacial score (nSPS) is 10.2. The lowest BCUT2D eigenvalue weighted by Crippen LogP contribution is -2.36. The largest absolute Gasteiger partial charge is 0.399 e. The van der Waals surface area contributed by atoms with Gasteiger partial charge in [0.2, 0.25) is 5.91 Å². The Kier molecular flexibility index (Phi) is 3.33. The number of nitrogen functional groups attached to an aromatic ring is 1. The van der Waals surface area contributed by atoms with Crippen LogP contribution in [-0.2, 0) is 11.8 Å². The van der Waals surface area contributed by atoms with E-state index in [2.05, 4.69) is 5.10 Å². The summed E-state index contributed by atoms with van der Waals surface area (Å²) < 4.78 is 1.43. The number of hydrogen-bond acceptors (Lipinski definition) is 4. The van der Waals surface area contributed by atoms with E-state index in [1.54, 1.807) is 37.4 Å². The summed E-state index contributed by atoms with van der Waals surface area (Å²) in [6, 6.07) is 8.11. The third-order valence-electron chi connectivity index (χ3n) is 2.71. The van der Waals surface area contributed by atoms with Crippen molar-refractivity contribution in [2.45, 2.75) is 6.92 Å². The summed E-state index contributed by atoms with van der Waals surface area (Å²) in [6.45, 7) is 1.34. The summed E-state index contributed by atoms with van der Waals surface area (Å²) in [5.74, 6) is -0.784. The number of aromatic nitrogens is 2. The third-order valence-corrected chi connectivity index (χ3v) is 2.71. The number of nitrogens with zero attached hydrogens (tertiary/aromatic N) is 3. The second-order valence-electron chi connectivity index (χ2n) is 4.09. The minimum Gasteiger partial charge on any atom is -0.399 e. The maximum atomic E-state index is 12.4. The third kappa shape index (κ3) is 2.47. The van der Waals surface area contributed by atoms with Crippen molar-refractivity contribution < 1.29 is 9.59 Å². The lowest BCUT2D eigenvalue weighted by atomic mass is 10.2. The second kappa shape index (κ2) is 4.93. The quantitative estimate of drug-likeness (QED) is 0.820. The highest BCUT2D eigenvalue weighted by atomic mass is 16.2. The van der Waals surface area contributed by atoms with Crippen LogP contribution < -0.4 is 10.6 Å². The van der Waals surface area contributed by atoms with Gasteiger partial charge in [-0.2, -0.15) is 5.10 Å². The fourth-order valence-electron chi connectivity index (χ4n) is 1.76. The van der Waals surface area contributed by atoms with Gasteiger partial charge in [-0.3, -0.25) is 14.3 Å². The van der Waals surface area contributed by atoms with Crippen LogP contribution >= 0.6 is 0 Å². The van der Waals surface area contributed by atoms with Crippen LogP contribution in [0, 0.1) is 0 Å². The summed E-state index contributed by atoms with van der Waals surface area (Å²) in [5.41, 5.74) is 6.98. The Balaban J connectivity index is 2.41. The maximum Gasteiger partial charge on any atom is 0.283 e. The second-order valence-corrected chi connectivity index (χ2v) is 4.09. The van der Waals surface area contributed by atoms with Crippen LogP contribution in [0.5, 0.6) is 0 Å². The van der Waals surface area contributed by atoms with E-state index in [1.165, 1.54) is 17.8 Å². The minimum atomic E-state index is -0.419.